The lowest BCUT2D eigenvalue weighted by Gasteiger charge is -2.30. The predicted octanol–water partition coefficient (Wildman–Crippen LogP) is 16.3. The molecule has 0 saturated carbocycles. The second-order valence-corrected chi connectivity index (χ2v) is 14.9. The first-order chi connectivity index (χ1) is 29.3. The highest BCUT2D eigenvalue weighted by molar-refractivity contribution is 6.01. The van der Waals surface area contributed by atoms with Crippen LogP contribution in [0.4, 0.5) is 17.1 Å². The van der Waals surface area contributed by atoms with Crippen LogP contribution in [0.15, 0.2) is 249 Å². The normalized spacial score (nSPS) is 11.1. The van der Waals surface area contributed by atoms with E-state index in [9.17, 15) is 0 Å². The van der Waals surface area contributed by atoms with Crippen LogP contribution in [0.25, 0.3) is 77.5 Å². The minimum Gasteiger partial charge on any atom is -0.310 e. The molecule has 0 unspecified atom stereocenters. The first-order valence-electron chi connectivity index (χ1n) is 20.3. The summed E-state index contributed by atoms with van der Waals surface area (Å²) in [5, 5.41) is 2.51. The summed E-state index contributed by atoms with van der Waals surface area (Å²) < 4.78 is 0. The maximum Gasteiger partial charge on any atom is 0.0546 e. The fourth-order valence-electron chi connectivity index (χ4n) is 8.35. The maximum absolute atomic E-state index is 2.43. The van der Waals surface area contributed by atoms with Crippen molar-refractivity contribution < 1.29 is 0 Å². The molecule has 1 heteroatoms. The van der Waals surface area contributed by atoms with E-state index in [1.54, 1.807) is 0 Å². The first kappa shape index (κ1) is 35.7. The van der Waals surface area contributed by atoms with Gasteiger partial charge in [0.05, 0.1) is 5.69 Å². The zero-order valence-electron chi connectivity index (χ0n) is 32.6. The van der Waals surface area contributed by atoms with Gasteiger partial charge in [-0.15, -0.1) is 0 Å². The van der Waals surface area contributed by atoms with Gasteiger partial charge in [-0.1, -0.05) is 212 Å². The molecule has 0 spiro atoms. The summed E-state index contributed by atoms with van der Waals surface area (Å²) in [4.78, 5) is 2.43. The molecule has 10 aromatic carbocycles. The third-order valence-corrected chi connectivity index (χ3v) is 11.3. The van der Waals surface area contributed by atoms with Crippen molar-refractivity contribution in [3.63, 3.8) is 0 Å². The van der Waals surface area contributed by atoms with Gasteiger partial charge < -0.3 is 4.90 Å². The Labute approximate surface area is 346 Å². The van der Waals surface area contributed by atoms with Crippen LogP contribution in [0.1, 0.15) is 0 Å². The van der Waals surface area contributed by atoms with Gasteiger partial charge in [-0.2, -0.15) is 0 Å². The molecule has 1 nitrogen and oxygen atoms in total. The van der Waals surface area contributed by atoms with Gasteiger partial charge in [-0.05, 0) is 108 Å². The molecule has 0 bridgehead atoms. The van der Waals surface area contributed by atoms with E-state index in [1.165, 1.54) is 77.5 Å². The van der Waals surface area contributed by atoms with Crippen molar-refractivity contribution in [2.75, 3.05) is 4.90 Å². The average molecular weight is 752 g/mol. The molecule has 0 saturated heterocycles. The molecule has 10 rings (SSSR count). The molecule has 0 aliphatic rings. The predicted molar refractivity (Wildman–Crippen MR) is 251 cm³/mol. The first-order valence-corrected chi connectivity index (χ1v) is 20.3. The summed E-state index contributed by atoms with van der Waals surface area (Å²) in [6.45, 7) is 0. The smallest absolute Gasteiger partial charge is 0.0546 e. The van der Waals surface area contributed by atoms with E-state index in [0.29, 0.717) is 0 Å². The number of hydrogen-bond acceptors (Lipinski definition) is 1. The summed E-state index contributed by atoms with van der Waals surface area (Å²) in [6, 6.07) is 89.9. The number of anilines is 3. The van der Waals surface area contributed by atoms with E-state index in [4.69, 9.17) is 0 Å². The van der Waals surface area contributed by atoms with Gasteiger partial charge in [0.2, 0.25) is 0 Å². The Morgan fingerprint density at radius 2 is 0.661 bits per heavy atom. The van der Waals surface area contributed by atoms with Crippen LogP contribution in [0, 0.1) is 0 Å². The van der Waals surface area contributed by atoms with Crippen molar-refractivity contribution in [3.05, 3.63) is 249 Å². The van der Waals surface area contributed by atoms with E-state index in [2.05, 4.69) is 254 Å². The molecule has 59 heavy (non-hydrogen) atoms. The Morgan fingerprint density at radius 3 is 1.34 bits per heavy atom. The van der Waals surface area contributed by atoms with Crippen LogP contribution in [0.5, 0.6) is 0 Å². The fraction of sp³-hybridized carbons (Fsp3) is 0. The highest BCUT2D eigenvalue weighted by Crippen LogP contribution is 2.48. The number of hydrogen-bond donors (Lipinski definition) is 0. The lowest BCUT2D eigenvalue weighted by Crippen LogP contribution is -2.12. The minimum absolute atomic E-state index is 1.08. The third-order valence-electron chi connectivity index (χ3n) is 11.3. The molecule has 0 heterocycles. The molecule has 0 radical (unpaired) electrons. The molecule has 0 aromatic heterocycles. The Hall–Kier alpha value is -7.74. The van der Waals surface area contributed by atoms with Crippen molar-refractivity contribution >= 4 is 27.8 Å². The Bertz CT molecular complexity index is 3000. The lowest BCUT2D eigenvalue weighted by atomic mass is 9.87. The van der Waals surface area contributed by atoms with Gasteiger partial charge in [0.25, 0.3) is 0 Å². The Morgan fingerprint density at radius 1 is 0.220 bits per heavy atom. The number of nitrogens with zero attached hydrogens (tertiary/aromatic N) is 1. The van der Waals surface area contributed by atoms with Crippen LogP contribution in [0.2, 0.25) is 0 Å². The molecule has 0 atom stereocenters. The third kappa shape index (κ3) is 7.23. The van der Waals surface area contributed by atoms with E-state index in [-0.39, 0.29) is 0 Å². The highest BCUT2D eigenvalue weighted by atomic mass is 15.1. The van der Waals surface area contributed by atoms with Crippen LogP contribution >= 0.6 is 0 Å². The van der Waals surface area contributed by atoms with Crippen molar-refractivity contribution in [1.29, 1.82) is 0 Å². The molecule has 0 aliphatic heterocycles. The van der Waals surface area contributed by atoms with E-state index in [1.807, 2.05) is 0 Å². The van der Waals surface area contributed by atoms with Crippen LogP contribution < -0.4 is 4.90 Å². The van der Waals surface area contributed by atoms with Gasteiger partial charge in [-0.3, -0.25) is 0 Å². The quantitative estimate of drug-likeness (QED) is 0.142. The molecular formula is C58H41N. The molecule has 0 N–H and O–H groups in total. The summed E-state index contributed by atoms with van der Waals surface area (Å²) in [6.07, 6.45) is 0. The van der Waals surface area contributed by atoms with Crippen molar-refractivity contribution in [1.82, 2.24) is 0 Å². The fourth-order valence-corrected chi connectivity index (χ4v) is 8.35. The van der Waals surface area contributed by atoms with Crippen molar-refractivity contribution in [3.8, 4) is 66.8 Å². The van der Waals surface area contributed by atoms with Crippen LogP contribution in [0.3, 0.4) is 0 Å². The number of fused-ring (bicyclic) bond motifs is 1. The van der Waals surface area contributed by atoms with E-state index >= 15 is 0 Å². The van der Waals surface area contributed by atoms with Gasteiger partial charge in [0, 0.05) is 16.9 Å². The highest BCUT2D eigenvalue weighted by Gasteiger charge is 2.23. The summed E-state index contributed by atoms with van der Waals surface area (Å²) >= 11 is 0. The standard InChI is InChI=1S/C58H41N/c1-4-16-42(17-5-1)50-24-14-25-53(41-50)59(52-38-36-45(37-39-52)44-30-32-46(33-31-44)51-35-34-43-18-10-11-23-49(43)40-51)57-29-15-28-55(48-21-8-3-9-22-48)58(57)56-27-13-12-26-54(56)47-19-6-2-7-20-47/h1-41H. The van der Waals surface area contributed by atoms with E-state index in [0.717, 1.165) is 17.1 Å². The maximum atomic E-state index is 2.43. The molecule has 10 aromatic rings. The van der Waals surface area contributed by atoms with Crippen molar-refractivity contribution in [2.24, 2.45) is 0 Å². The summed E-state index contributed by atoms with van der Waals surface area (Å²) in [5.41, 5.74) is 17.5. The largest absolute Gasteiger partial charge is 0.310 e. The Balaban J connectivity index is 1.12. The molecule has 0 fully saturated rings. The zero-order valence-corrected chi connectivity index (χ0v) is 32.6. The van der Waals surface area contributed by atoms with Gasteiger partial charge in [-0.25, -0.2) is 0 Å². The second-order valence-electron chi connectivity index (χ2n) is 14.9. The Kier molecular flexibility index (Phi) is 9.68. The zero-order chi connectivity index (χ0) is 39.4. The van der Waals surface area contributed by atoms with Crippen LogP contribution in [-0.4, -0.2) is 0 Å². The summed E-state index contributed by atoms with van der Waals surface area (Å²) in [5.74, 6) is 0. The number of benzene rings is 10. The topological polar surface area (TPSA) is 3.24 Å². The molecule has 0 aliphatic carbocycles. The average Bonchev–Trinajstić information content (AvgIpc) is 3.33. The lowest BCUT2D eigenvalue weighted by molar-refractivity contribution is 1.28. The van der Waals surface area contributed by atoms with Crippen LogP contribution in [-0.2, 0) is 0 Å². The molecule has 0 amide bonds. The van der Waals surface area contributed by atoms with Gasteiger partial charge in [0.1, 0.15) is 0 Å². The molecule has 278 valence electrons. The minimum atomic E-state index is 1.08. The summed E-state index contributed by atoms with van der Waals surface area (Å²) in [7, 11) is 0. The van der Waals surface area contributed by atoms with Gasteiger partial charge >= 0.3 is 0 Å². The van der Waals surface area contributed by atoms with Gasteiger partial charge in [0.15, 0.2) is 0 Å². The van der Waals surface area contributed by atoms with E-state index < -0.39 is 0 Å². The number of rotatable bonds is 9. The second kappa shape index (κ2) is 16.0. The molecular weight excluding hydrogens is 711 g/mol. The van der Waals surface area contributed by atoms with Crippen molar-refractivity contribution in [2.45, 2.75) is 0 Å². The SMILES string of the molecule is c1ccc(-c2cccc(N(c3ccc(-c4ccc(-c5ccc6ccccc6c5)cc4)cc3)c3cccc(-c4ccccc4)c3-c3ccccc3-c3ccccc3)c2)cc1. The monoisotopic (exact) mass is 751 g/mol.